The molecule has 2 atom stereocenters. The van der Waals surface area contributed by atoms with Gasteiger partial charge in [-0.25, -0.2) is 4.79 Å². The van der Waals surface area contributed by atoms with Crippen LogP contribution in [0.1, 0.15) is 32.6 Å². The molecule has 0 saturated carbocycles. The largest absolute Gasteiger partial charge is 0.438 e. The lowest BCUT2D eigenvalue weighted by atomic mass is 10.2. The highest BCUT2D eigenvalue weighted by molar-refractivity contribution is 7.53. The van der Waals surface area contributed by atoms with Gasteiger partial charge < -0.3 is 14.0 Å². The maximum Gasteiger partial charge on any atom is 0.358 e. The second kappa shape index (κ2) is 9.10. The first-order valence-electron chi connectivity index (χ1n) is 7.49. The smallest absolute Gasteiger partial charge is 0.358 e. The van der Waals surface area contributed by atoms with E-state index in [1.807, 2.05) is 0 Å². The average molecular weight is 378 g/mol. The summed E-state index contributed by atoms with van der Waals surface area (Å²) in [7, 11) is -2.52. The molecule has 1 heterocycles. The molecule has 0 saturated heterocycles. The van der Waals surface area contributed by atoms with Gasteiger partial charge in [0.25, 0.3) is 5.56 Å². The van der Waals surface area contributed by atoms with E-state index in [0.29, 0.717) is 5.56 Å². The minimum Gasteiger partial charge on any atom is -0.438 e. The van der Waals surface area contributed by atoms with Gasteiger partial charge in [-0.2, -0.15) is 0 Å². The minimum absolute atomic E-state index is 0.321. The molecular weight excluding hydrogens is 355 g/mol. The zero-order chi connectivity index (χ0) is 19.2. The van der Waals surface area contributed by atoms with Gasteiger partial charge in [0.2, 0.25) is 6.79 Å². The number of carbonyl (C=O) groups excluding carboxylic acids is 1. The number of nitrogens with zero attached hydrogens (tertiary/aromatic N) is 1. The number of H-pyrrole nitrogens is 1. The number of aromatic amines is 1. The Kier molecular flexibility index (Phi) is 7.75. The lowest BCUT2D eigenvalue weighted by molar-refractivity contribution is -0.154. The number of hydrogen-bond donors (Lipinski definition) is 1. The third-order valence-corrected chi connectivity index (χ3v) is 4.73. The summed E-state index contributed by atoms with van der Waals surface area (Å²) in [6.45, 7) is 5.81. The van der Waals surface area contributed by atoms with Crippen LogP contribution in [-0.2, 0) is 27.9 Å². The highest BCUT2D eigenvalue weighted by atomic mass is 31.2. The topological polar surface area (TPSA) is 126 Å². The number of rotatable bonds is 9. The molecule has 11 heteroatoms. The Morgan fingerprint density at radius 2 is 1.96 bits per heavy atom. The fraction of sp³-hybridized carbons (Fsp3) is 0.643. The van der Waals surface area contributed by atoms with Crippen LogP contribution in [0.25, 0.3) is 0 Å². The van der Waals surface area contributed by atoms with Gasteiger partial charge in [0, 0.05) is 18.9 Å². The first-order valence-corrected chi connectivity index (χ1v) is 9.22. The Morgan fingerprint density at radius 3 is 2.52 bits per heavy atom. The number of ether oxygens (including phenoxy) is 2. The van der Waals surface area contributed by atoms with Crippen LogP contribution in [0.4, 0.5) is 0 Å². The molecule has 0 fully saturated rings. The number of esters is 1. The predicted octanol–water partition coefficient (Wildman–Crippen LogP) is 1.35. The quantitative estimate of drug-likeness (QED) is 0.388. The molecule has 0 amide bonds. The summed E-state index contributed by atoms with van der Waals surface area (Å²) in [5, 5.41) is 0. The van der Waals surface area contributed by atoms with Gasteiger partial charge in [-0.05, 0) is 13.8 Å². The van der Waals surface area contributed by atoms with Crippen molar-refractivity contribution in [2.75, 3.05) is 20.3 Å². The van der Waals surface area contributed by atoms with E-state index in [0.717, 1.165) is 11.7 Å². The van der Waals surface area contributed by atoms with Gasteiger partial charge in [-0.15, -0.1) is 0 Å². The molecule has 1 rings (SSSR count). The third-order valence-electron chi connectivity index (χ3n) is 3.21. The van der Waals surface area contributed by atoms with Crippen LogP contribution >= 0.6 is 7.60 Å². The first-order chi connectivity index (χ1) is 11.6. The Morgan fingerprint density at radius 1 is 1.32 bits per heavy atom. The van der Waals surface area contributed by atoms with Crippen molar-refractivity contribution in [3.05, 3.63) is 32.6 Å². The van der Waals surface area contributed by atoms with Crippen LogP contribution in [0.2, 0.25) is 0 Å². The van der Waals surface area contributed by atoms with Crippen molar-refractivity contribution in [1.82, 2.24) is 9.55 Å². The van der Waals surface area contributed by atoms with E-state index in [9.17, 15) is 18.9 Å². The Hall–Kier alpha value is -1.74. The Bertz CT molecular complexity index is 754. The predicted molar refractivity (Wildman–Crippen MR) is 88.2 cm³/mol. The highest BCUT2D eigenvalue weighted by Gasteiger charge is 2.26. The summed E-state index contributed by atoms with van der Waals surface area (Å²) in [5.74, 6) is -0.857. The summed E-state index contributed by atoms with van der Waals surface area (Å²) in [4.78, 5) is 36.6. The lowest BCUT2D eigenvalue weighted by Gasteiger charge is -2.20. The Labute approximate surface area is 144 Å². The summed E-state index contributed by atoms with van der Waals surface area (Å²) in [5.41, 5.74) is -0.838. The van der Waals surface area contributed by atoms with Gasteiger partial charge in [0.15, 0.2) is 6.35 Å². The van der Waals surface area contributed by atoms with E-state index < -0.39 is 44.2 Å². The van der Waals surface area contributed by atoms with Gasteiger partial charge in [-0.1, -0.05) is 13.8 Å². The standard InChI is InChI=1S/C14H23N2O8P/c1-9(2)13(18)22-7-24-25(20,21-5)8-23-11(4)16-6-10(3)12(17)15-14(16)19/h6,9,11H,7-8H2,1-5H3,(H,15,17,19). The molecule has 0 bridgehead atoms. The van der Waals surface area contributed by atoms with Crippen molar-refractivity contribution in [1.29, 1.82) is 0 Å². The van der Waals surface area contributed by atoms with E-state index in [2.05, 4.69) is 4.98 Å². The molecule has 0 aliphatic heterocycles. The number of nitrogens with one attached hydrogen (secondary N) is 1. The normalized spacial score (nSPS) is 15.0. The average Bonchev–Trinajstić information content (AvgIpc) is 2.55. The third kappa shape index (κ3) is 6.24. The number of aryl methyl sites for hydroxylation is 1. The minimum atomic E-state index is -3.68. The van der Waals surface area contributed by atoms with Crippen molar-refractivity contribution in [2.24, 2.45) is 5.92 Å². The second-order valence-electron chi connectivity index (χ2n) is 5.53. The van der Waals surface area contributed by atoms with E-state index in [4.69, 9.17) is 18.5 Å². The molecule has 0 spiro atoms. The van der Waals surface area contributed by atoms with Crippen molar-refractivity contribution in [3.63, 3.8) is 0 Å². The fourth-order valence-electron chi connectivity index (χ4n) is 1.61. The van der Waals surface area contributed by atoms with E-state index >= 15 is 0 Å². The summed E-state index contributed by atoms with van der Waals surface area (Å²) < 4.78 is 33.4. The van der Waals surface area contributed by atoms with Gasteiger partial charge in [-0.3, -0.25) is 28.2 Å². The number of aromatic nitrogens is 2. The lowest BCUT2D eigenvalue weighted by Crippen LogP contribution is -2.33. The SMILES string of the molecule is COP(=O)(COC(C)n1cc(C)c(=O)[nH]c1=O)OCOC(=O)C(C)C. The van der Waals surface area contributed by atoms with Gasteiger partial charge in [0.1, 0.15) is 6.23 Å². The van der Waals surface area contributed by atoms with Crippen molar-refractivity contribution >= 4 is 13.6 Å². The van der Waals surface area contributed by atoms with E-state index in [1.54, 1.807) is 13.8 Å². The highest BCUT2D eigenvalue weighted by Crippen LogP contribution is 2.47. The number of hydrogen-bond acceptors (Lipinski definition) is 8. The monoisotopic (exact) mass is 378 g/mol. The molecule has 142 valence electrons. The molecule has 1 aromatic rings. The van der Waals surface area contributed by atoms with Crippen molar-refractivity contribution in [3.8, 4) is 0 Å². The molecule has 2 unspecified atom stereocenters. The maximum atomic E-state index is 12.4. The molecule has 1 N–H and O–H groups in total. The van der Waals surface area contributed by atoms with Crippen LogP contribution in [0, 0.1) is 12.8 Å². The zero-order valence-electron chi connectivity index (χ0n) is 14.8. The molecule has 0 aliphatic carbocycles. The molecule has 1 aromatic heterocycles. The maximum absolute atomic E-state index is 12.4. The van der Waals surface area contributed by atoms with Crippen LogP contribution < -0.4 is 11.2 Å². The van der Waals surface area contributed by atoms with E-state index in [-0.39, 0.29) is 5.92 Å². The van der Waals surface area contributed by atoms with Crippen LogP contribution in [0.15, 0.2) is 15.8 Å². The molecule has 10 nitrogen and oxygen atoms in total. The fourth-order valence-corrected chi connectivity index (χ4v) is 2.51. The molecule has 0 aliphatic rings. The van der Waals surface area contributed by atoms with Crippen molar-refractivity contribution < 1.29 is 27.9 Å². The number of carbonyl (C=O) groups is 1. The van der Waals surface area contributed by atoms with Crippen LogP contribution in [0.3, 0.4) is 0 Å². The summed E-state index contributed by atoms with van der Waals surface area (Å²) in [6.07, 6.45) is 0.0110. The van der Waals surface area contributed by atoms with Crippen molar-refractivity contribution in [2.45, 2.75) is 33.9 Å². The first kappa shape index (κ1) is 21.3. The zero-order valence-corrected chi connectivity index (χ0v) is 15.7. The molecule has 0 aromatic carbocycles. The molecule has 0 radical (unpaired) electrons. The van der Waals surface area contributed by atoms with Gasteiger partial charge >= 0.3 is 19.3 Å². The second-order valence-corrected chi connectivity index (χ2v) is 7.64. The Balaban J connectivity index is 2.68. The molecule has 25 heavy (non-hydrogen) atoms. The molecular formula is C14H23N2O8P. The summed E-state index contributed by atoms with van der Waals surface area (Å²) in [6, 6.07) is 0. The summed E-state index contributed by atoms with van der Waals surface area (Å²) >= 11 is 0. The van der Waals surface area contributed by atoms with Gasteiger partial charge in [0.05, 0.1) is 5.92 Å². The van der Waals surface area contributed by atoms with Crippen LogP contribution in [-0.4, -0.2) is 35.8 Å². The van der Waals surface area contributed by atoms with E-state index in [1.165, 1.54) is 20.0 Å². The van der Waals surface area contributed by atoms with Crippen LogP contribution in [0.5, 0.6) is 0 Å².